The van der Waals surface area contributed by atoms with E-state index in [1.165, 1.54) is 6.42 Å². The third-order valence-corrected chi connectivity index (χ3v) is 3.12. The quantitative estimate of drug-likeness (QED) is 0.721. The van der Waals surface area contributed by atoms with E-state index in [4.69, 9.17) is 9.84 Å². The highest BCUT2D eigenvalue weighted by molar-refractivity contribution is 5.70. The third-order valence-electron chi connectivity index (χ3n) is 3.12. The number of hydrogen-bond acceptors (Lipinski definition) is 3. The Morgan fingerprint density at radius 1 is 1.60 bits per heavy atom. The number of nitrogens with one attached hydrogen (secondary N) is 1. The minimum Gasteiger partial charge on any atom is -0.481 e. The predicted molar refractivity (Wildman–Crippen MR) is 57.8 cm³/mol. The summed E-state index contributed by atoms with van der Waals surface area (Å²) in [6, 6.07) is 0.0180. The van der Waals surface area contributed by atoms with Crippen LogP contribution in [0.25, 0.3) is 0 Å². The fraction of sp³-hybridized carbons (Fsp3) is 0.909. The van der Waals surface area contributed by atoms with Gasteiger partial charge in [0.1, 0.15) is 0 Å². The van der Waals surface area contributed by atoms with Crippen LogP contribution in [0.1, 0.15) is 26.7 Å². The van der Waals surface area contributed by atoms with Gasteiger partial charge in [0, 0.05) is 19.2 Å². The Bertz CT molecular complexity index is 202. The lowest BCUT2D eigenvalue weighted by atomic mass is 10.00. The third kappa shape index (κ3) is 4.18. The van der Waals surface area contributed by atoms with Gasteiger partial charge in [0.2, 0.25) is 0 Å². The van der Waals surface area contributed by atoms with E-state index in [1.807, 2.05) is 6.92 Å². The van der Waals surface area contributed by atoms with Crippen molar-refractivity contribution >= 4 is 5.97 Å². The minimum absolute atomic E-state index is 0.0180. The summed E-state index contributed by atoms with van der Waals surface area (Å²) in [5.74, 6) is -0.536. The number of aliphatic carboxylic acids is 1. The van der Waals surface area contributed by atoms with E-state index in [9.17, 15) is 4.79 Å². The molecule has 3 unspecified atom stereocenters. The summed E-state index contributed by atoms with van der Waals surface area (Å²) in [4.78, 5) is 10.7. The molecule has 0 saturated carbocycles. The normalized spacial score (nSPS) is 25.9. The molecule has 0 aromatic carbocycles. The Morgan fingerprint density at radius 3 is 2.87 bits per heavy atom. The molecule has 1 rings (SSSR count). The van der Waals surface area contributed by atoms with E-state index in [1.54, 1.807) is 6.92 Å². The van der Waals surface area contributed by atoms with Crippen molar-refractivity contribution < 1.29 is 14.6 Å². The molecule has 0 aromatic rings. The Morgan fingerprint density at radius 2 is 2.33 bits per heavy atom. The zero-order valence-corrected chi connectivity index (χ0v) is 9.53. The number of carboxylic acids is 1. The van der Waals surface area contributed by atoms with Gasteiger partial charge >= 0.3 is 5.97 Å². The van der Waals surface area contributed by atoms with Gasteiger partial charge in [-0.15, -0.1) is 0 Å². The standard InChI is InChI=1S/C11H21NO3/c1-8(11(13)14)9(2)12-6-10-4-3-5-15-7-10/h8-10,12H,3-7H2,1-2H3,(H,13,14). The fourth-order valence-corrected chi connectivity index (χ4v) is 1.71. The van der Waals surface area contributed by atoms with E-state index in [-0.39, 0.29) is 12.0 Å². The first-order valence-corrected chi connectivity index (χ1v) is 5.65. The molecule has 1 fully saturated rings. The van der Waals surface area contributed by atoms with Gasteiger partial charge in [-0.05, 0) is 25.7 Å². The van der Waals surface area contributed by atoms with Crippen LogP contribution in [0.2, 0.25) is 0 Å². The fourth-order valence-electron chi connectivity index (χ4n) is 1.71. The van der Waals surface area contributed by atoms with Crippen molar-refractivity contribution in [2.24, 2.45) is 11.8 Å². The van der Waals surface area contributed by atoms with Crippen LogP contribution >= 0.6 is 0 Å². The van der Waals surface area contributed by atoms with Crippen molar-refractivity contribution in [1.82, 2.24) is 5.32 Å². The number of carboxylic acid groups (broad SMARTS) is 1. The molecule has 0 aromatic heterocycles. The van der Waals surface area contributed by atoms with Gasteiger partial charge in [-0.1, -0.05) is 6.92 Å². The first kappa shape index (κ1) is 12.5. The van der Waals surface area contributed by atoms with Gasteiger partial charge in [0.25, 0.3) is 0 Å². The molecule has 1 aliphatic heterocycles. The van der Waals surface area contributed by atoms with Crippen LogP contribution in [0.5, 0.6) is 0 Å². The molecular formula is C11H21NO3. The molecular weight excluding hydrogens is 194 g/mol. The summed E-state index contributed by atoms with van der Waals surface area (Å²) < 4.78 is 5.37. The van der Waals surface area contributed by atoms with Crippen LogP contribution in [-0.2, 0) is 9.53 Å². The lowest BCUT2D eigenvalue weighted by Gasteiger charge is -2.25. The van der Waals surface area contributed by atoms with Crippen LogP contribution in [0, 0.1) is 11.8 Å². The number of rotatable bonds is 5. The molecule has 0 radical (unpaired) electrons. The van der Waals surface area contributed by atoms with Crippen molar-refractivity contribution in [3.63, 3.8) is 0 Å². The minimum atomic E-state index is -0.741. The second-order valence-corrected chi connectivity index (χ2v) is 4.41. The topological polar surface area (TPSA) is 58.6 Å². The smallest absolute Gasteiger partial charge is 0.307 e. The number of hydrogen-bond donors (Lipinski definition) is 2. The molecule has 1 heterocycles. The zero-order chi connectivity index (χ0) is 11.3. The summed E-state index contributed by atoms with van der Waals surface area (Å²) >= 11 is 0. The molecule has 88 valence electrons. The van der Waals surface area contributed by atoms with Crippen molar-refractivity contribution in [3.8, 4) is 0 Å². The molecule has 1 aliphatic rings. The molecule has 4 nitrogen and oxygen atoms in total. The van der Waals surface area contributed by atoms with E-state index in [2.05, 4.69) is 5.32 Å². The van der Waals surface area contributed by atoms with E-state index in [0.29, 0.717) is 5.92 Å². The van der Waals surface area contributed by atoms with Crippen molar-refractivity contribution in [3.05, 3.63) is 0 Å². The highest BCUT2D eigenvalue weighted by Gasteiger charge is 2.20. The van der Waals surface area contributed by atoms with Crippen LogP contribution in [0.3, 0.4) is 0 Å². The molecule has 0 amide bonds. The first-order valence-electron chi connectivity index (χ1n) is 5.65. The molecule has 3 atom stereocenters. The molecule has 1 saturated heterocycles. The molecule has 2 N–H and O–H groups in total. The average molecular weight is 215 g/mol. The van der Waals surface area contributed by atoms with Crippen molar-refractivity contribution in [1.29, 1.82) is 0 Å². The highest BCUT2D eigenvalue weighted by Crippen LogP contribution is 2.13. The lowest BCUT2D eigenvalue weighted by Crippen LogP contribution is -2.40. The van der Waals surface area contributed by atoms with Crippen molar-refractivity contribution in [2.75, 3.05) is 19.8 Å². The van der Waals surface area contributed by atoms with Gasteiger partial charge in [-0.2, -0.15) is 0 Å². The SMILES string of the molecule is CC(NCC1CCCOC1)C(C)C(=O)O. The Balaban J connectivity index is 2.20. The van der Waals surface area contributed by atoms with Crippen LogP contribution in [0.4, 0.5) is 0 Å². The lowest BCUT2D eigenvalue weighted by molar-refractivity contribution is -0.141. The van der Waals surface area contributed by atoms with Crippen LogP contribution in [-0.4, -0.2) is 36.9 Å². The maximum absolute atomic E-state index is 10.7. The Kier molecular flexibility index (Phi) is 5.05. The van der Waals surface area contributed by atoms with Crippen LogP contribution < -0.4 is 5.32 Å². The van der Waals surface area contributed by atoms with Crippen molar-refractivity contribution in [2.45, 2.75) is 32.7 Å². The summed E-state index contributed by atoms with van der Waals surface area (Å²) in [5.41, 5.74) is 0. The number of carbonyl (C=O) groups is 1. The van der Waals surface area contributed by atoms with E-state index >= 15 is 0 Å². The molecule has 0 spiro atoms. The van der Waals surface area contributed by atoms with Gasteiger partial charge in [0.15, 0.2) is 0 Å². The molecule has 0 aliphatic carbocycles. The number of ether oxygens (including phenoxy) is 1. The van der Waals surface area contributed by atoms with Gasteiger partial charge in [0.05, 0.1) is 12.5 Å². The summed E-state index contributed by atoms with van der Waals surface area (Å²) in [7, 11) is 0. The van der Waals surface area contributed by atoms with Gasteiger partial charge < -0.3 is 15.2 Å². The molecule has 0 bridgehead atoms. The Hall–Kier alpha value is -0.610. The first-order chi connectivity index (χ1) is 7.11. The highest BCUT2D eigenvalue weighted by atomic mass is 16.5. The Labute approximate surface area is 91.0 Å². The summed E-state index contributed by atoms with van der Waals surface area (Å²) in [5, 5.41) is 12.1. The maximum Gasteiger partial charge on any atom is 0.307 e. The van der Waals surface area contributed by atoms with E-state index < -0.39 is 5.97 Å². The van der Waals surface area contributed by atoms with Gasteiger partial charge in [-0.25, -0.2) is 0 Å². The van der Waals surface area contributed by atoms with Gasteiger partial charge in [-0.3, -0.25) is 4.79 Å². The summed E-state index contributed by atoms with van der Waals surface area (Å²) in [6.07, 6.45) is 2.30. The van der Waals surface area contributed by atoms with Crippen LogP contribution in [0.15, 0.2) is 0 Å². The average Bonchev–Trinajstić information content (AvgIpc) is 2.26. The predicted octanol–water partition coefficient (Wildman–Crippen LogP) is 1.11. The molecule has 15 heavy (non-hydrogen) atoms. The zero-order valence-electron chi connectivity index (χ0n) is 9.53. The second kappa shape index (κ2) is 6.08. The monoisotopic (exact) mass is 215 g/mol. The maximum atomic E-state index is 10.7. The second-order valence-electron chi connectivity index (χ2n) is 4.41. The summed E-state index contributed by atoms with van der Waals surface area (Å²) in [6.45, 7) is 6.19. The largest absolute Gasteiger partial charge is 0.481 e. The van der Waals surface area contributed by atoms with E-state index in [0.717, 1.165) is 26.2 Å². The molecule has 4 heteroatoms.